The monoisotopic (exact) mass is 584 g/mol. The van der Waals surface area contributed by atoms with Crippen molar-refractivity contribution in [1.29, 1.82) is 0 Å². The molecular weight excluding hydrogens is 544 g/mol. The number of fused-ring (bicyclic) bond motifs is 1. The van der Waals surface area contributed by atoms with Crippen LogP contribution in [0.25, 0.3) is 10.9 Å². The average Bonchev–Trinajstić information content (AvgIpc) is 3.29. The van der Waals surface area contributed by atoms with Crippen molar-refractivity contribution in [3.8, 4) is 23.0 Å². The van der Waals surface area contributed by atoms with E-state index in [1.165, 1.54) is 21.3 Å². The zero-order valence-electron chi connectivity index (χ0n) is 25.7. The minimum absolute atomic E-state index is 0.152. The van der Waals surface area contributed by atoms with Crippen LogP contribution in [0, 0.1) is 0 Å². The number of carbonyl (C=O) groups excluding carboxylic acids is 2. The van der Waals surface area contributed by atoms with Crippen LogP contribution in [0.4, 0.5) is 4.79 Å². The lowest BCUT2D eigenvalue weighted by Gasteiger charge is -2.44. The molecule has 11 heteroatoms. The highest BCUT2D eigenvalue weighted by atomic mass is 16.7. The second-order valence-electron chi connectivity index (χ2n) is 11.7. The van der Waals surface area contributed by atoms with Gasteiger partial charge in [-0.3, -0.25) is 4.79 Å². The molecule has 11 nitrogen and oxygen atoms in total. The standard InChI is InChI=1S/C31H40N2O9/c1-29(2,3)42-28(35)32-31(17-40-30(4,5)41-18-31)16-33-15-22(21-11-10-20(36-6)14-23(21)33)26(34)19-12-24(37-7)27(39-9)25(13-19)38-8/h10-15H,16-18H2,1-9H3,(H,32,35). The topological polar surface area (TPSA) is 116 Å². The summed E-state index contributed by atoms with van der Waals surface area (Å²) in [7, 11) is 6.07. The summed E-state index contributed by atoms with van der Waals surface area (Å²) in [5.74, 6) is 0.651. The Balaban J connectivity index is 1.80. The van der Waals surface area contributed by atoms with E-state index in [1.807, 2.05) is 30.5 Å². The molecule has 0 saturated carbocycles. The number of benzene rings is 2. The lowest BCUT2D eigenvalue weighted by Crippen LogP contribution is -2.63. The van der Waals surface area contributed by atoms with E-state index in [4.69, 9.17) is 33.2 Å². The van der Waals surface area contributed by atoms with E-state index >= 15 is 0 Å². The first kappa shape index (κ1) is 31.0. The predicted molar refractivity (Wildman–Crippen MR) is 156 cm³/mol. The van der Waals surface area contributed by atoms with Gasteiger partial charge in [-0.15, -0.1) is 0 Å². The van der Waals surface area contributed by atoms with E-state index in [2.05, 4.69) is 5.32 Å². The molecular formula is C31H40N2O9. The highest BCUT2D eigenvalue weighted by molar-refractivity contribution is 6.17. The molecule has 1 saturated heterocycles. The highest BCUT2D eigenvalue weighted by Gasteiger charge is 2.43. The van der Waals surface area contributed by atoms with Crippen LogP contribution in [0.1, 0.15) is 50.5 Å². The van der Waals surface area contributed by atoms with Crippen molar-refractivity contribution in [2.24, 2.45) is 0 Å². The number of nitrogens with one attached hydrogen (secondary N) is 1. The molecule has 0 aliphatic carbocycles. The van der Waals surface area contributed by atoms with Gasteiger partial charge in [0.2, 0.25) is 5.75 Å². The minimum atomic E-state index is -1.00. The second kappa shape index (κ2) is 11.7. The molecule has 4 rings (SSSR count). The molecule has 1 fully saturated rings. The summed E-state index contributed by atoms with van der Waals surface area (Å²) in [5, 5.41) is 3.68. The van der Waals surface area contributed by atoms with Crippen molar-refractivity contribution < 1.29 is 42.7 Å². The number of rotatable bonds is 9. The number of methoxy groups -OCH3 is 4. The molecule has 0 atom stereocenters. The minimum Gasteiger partial charge on any atom is -0.497 e. The van der Waals surface area contributed by atoms with Gasteiger partial charge in [0.1, 0.15) is 16.9 Å². The third kappa shape index (κ3) is 6.57. The van der Waals surface area contributed by atoms with E-state index in [9.17, 15) is 9.59 Å². The van der Waals surface area contributed by atoms with E-state index < -0.39 is 23.0 Å². The van der Waals surface area contributed by atoms with Gasteiger partial charge in [-0.05, 0) is 58.9 Å². The van der Waals surface area contributed by atoms with Crippen LogP contribution in [0.15, 0.2) is 36.5 Å². The third-order valence-corrected chi connectivity index (χ3v) is 6.89. The maximum atomic E-state index is 14.0. The lowest BCUT2D eigenvalue weighted by molar-refractivity contribution is -0.272. The van der Waals surface area contributed by atoms with Crippen LogP contribution in [0.2, 0.25) is 0 Å². The Morgan fingerprint density at radius 3 is 2.07 bits per heavy atom. The van der Waals surface area contributed by atoms with Crippen molar-refractivity contribution in [1.82, 2.24) is 9.88 Å². The molecule has 2 aromatic carbocycles. The Morgan fingerprint density at radius 1 is 0.929 bits per heavy atom. The highest BCUT2D eigenvalue weighted by Crippen LogP contribution is 2.39. The molecule has 228 valence electrons. The Labute approximate surface area is 245 Å². The lowest BCUT2D eigenvalue weighted by atomic mass is 10.00. The van der Waals surface area contributed by atoms with Crippen molar-refractivity contribution in [2.45, 2.75) is 58.1 Å². The zero-order chi connectivity index (χ0) is 30.9. The number of hydrogen-bond acceptors (Lipinski definition) is 9. The largest absolute Gasteiger partial charge is 0.497 e. The van der Waals surface area contributed by atoms with Crippen molar-refractivity contribution in [2.75, 3.05) is 41.7 Å². The van der Waals surface area contributed by atoms with Gasteiger partial charge in [-0.2, -0.15) is 0 Å². The van der Waals surface area contributed by atoms with Crippen LogP contribution in [-0.2, 0) is 20.8 Å². The number of aromatic nitrogens is 1. The van der Waals surface area contributed by atoms with Crippen molar-refractivity contribution in [3.05, 3.63) is 47.7 Å². The normalized spacial score (nSPS) is 16.0. The van der Waals surface area contributed by atoms with Crippen molar-refractivity contribution >= 4 is 22.8 Å². The SMILES string of the molecule is COc1ccc2c(C(=O)c3cc(OC)c(OC)c(OC)c3)cn(CC3(NC(=O)OC(C)(C)C)COC(C)(C)OC3)c2c1. The summed E-state index contributed by atoms with van der Waals surface area (Å²) in [4.78, 5) is 27.0. The molecule has 1 amide bonds. The fourth-order valence-electron chi connectivity index (χ4n) is 4.83. The molecule has 1 N–H and O–H groups in total. The molecule has 1 aliphatic heterocycles. The van der Waals surface area contributed by atoms with Gasteiger partial charge in [0.15, 0.2) is 23.1 Å². The maximum Gasteiger partial charge on any atom is 0.408 e. The fourth-order valence-corrected chi connectivity index (χ4v) is 4.83. The molecule has 1 aromatic heterocycles. The van der Waals surface area contributed by atoms with Crippen molar-refractivity contribution in [3.63, 3.8) is 0 Å². The van der Waals surface area contributed by atoms with E-state index in [0.29, 0.717) is 39.5 Å². The third-order valence-electron chi connectivity index (χ3n) is 6.89. The summed E-state index contributed by atoms with van der Waals surface area (Å²) < 4.78 is 41.3. The van der Waals surface area contributed by atoms with Crippen LogP contribution >= 0.6 is 0 Å². The Morgan fingerprint density at radius 2 is 1.55 bits per heavy atom. The van der Waals surface area contributed by atoms with Crippen LogP contribution in [0.3, 0.4) is 0 Å². The average molecular weight is 585 g/mol. The Kier molecular flexibility index (Phi) is 8.65. The molecule has 0 unspecified atom stereocenters. The summed E-state index contributed by atoms with van der Waals surface area (Å²) in [5.41, 5.74) is -0.187. The Hall–Kier alpha value is -3.96. The summed E-state index contributed by atoms with van der Waals surface area (Å²) >= 11 is 0. The number of carbonyl (C=O) groups is 2. The molecule has 42 heavy (non-hydrogen) atoms. The molecule has 1 aliphatic rings. The Bertz CT molecular complexity index is 1430. The summed E-state index contributed by atoms with van der Waals surface area (Å²) in [6.07, 6.45) is 1.16. The molecule has 0 spiro atoms. The van der Waals surface area contributed by atoms with E-state index in [-0.39, 0.29) is 25.5 Å². The van der Waals surface area contributed by atoms with Crippen LogP contribution in [-0.4, -0.2) is 75.0 Å². The quantitative estimate of drug-likeness (QED) is 0.349. The van der Waals surface area contributed by atoms with Gasteiger partial charge < -0.3 is 43.0 Å². The van der Waals surface area contributed by atoms with Gasteiger partial charge in [0.05, 0.1) is 53.7 Å². The zero-order valence-corrected chi connectivity index (χ0v) is 25.7. The van der Waals surface area contributed by atoms with Gasteiger partial charge in [-0.25, -0.2) is 4.79 Å². The van der Waals surface area contributed by atoms with Gasteiger partial charge in [0.25, 0.3) is 0 Å². The number of nitrogens with zero attached hydrogens (tertiary/aromatic N) is 1. The van der Waals surface area contributed by atoms with E-state index in [0.717, 1.165) is 5.52 Å². The first-order valence-corrected chi connectivity index (χ1v) is 13.5. The summed E-state index contributed by atoms with van der Waals surface area (Å²) in [6, 6.07) is 8.71. The van der Waals surface area contributed by atoms with Gasteiger partial charge in [0, 0.05) is 28.8 Å². The number of ketones is 1. The molecule has 0 radical (unpaired) electrons. The van der Waals surface area contributed by atoms with E-state index in [1.54, 1.807) is 52.3 Å². The number of hydrogen-bond donors (Lipinski definition) is 1. The predicted octanol–water partition coefficient (Wildman–Crippen LogP) is 4.95. The van der Waals surface area contributed by atoms with Gasteiger partial charge >= 0.3 is 6.09 Å². The molecule has 3 aromatic rings. The fraction of sp³-hybridized carbons (Fsp3) is 0.484. The summed E-state index contributed by atoms with van der Waals surface area (Å²) in [6.45, 7) is 9.53. The smallest absolute Gasteiger partial charge is 0.408 e. The number of alkyl carbamates (subject to hydrolysis) is 1. The number of ether oxygens (including phenoxy) is 7. The van der Waals surface area contributed by atoms with Gasteiger partial charge in [-0.1, -0.05) is 0 Å². The first-order valence-electron chi connectivity index (χ1n) is 13.5. The molecule has 2 heterocycles. The molecule has 0 bridgehead atoms. The maximum absolute atomic E-state index is 14.0. The number of amides is 1. The van der Waals surface area contributed by atoms with Crippen LogP contribution in [0.5, 0.6) is 23.0 Å². The van der Waals surface area contributed by atoms with Crippen LogP contribution < -0.4 is 24.3 Å². The first-order chi connectivity index (χ1) is 19.7. The second-order valence-corrected chi connectivity index (χ2v) is 11.7.